The Kier molecular flexibility index (Phi) is 2.60. The van der Waals surface area contributed by atoms with Crippen LogP contribution < -0.4 is 11.4 Å². The summed E-state index contributed by atoms with van der Waals surface area (Å²) < 4.78 is 1.75. The molecule has 15 heavy (non-hydrogen) atoms. The largest absolute Gasteiger partial charge is 0.330 e. The first-order valence-electron chi connectivity index (χ1n) is 5.11. The van der Waals surface area contributed by atoms with Gasteiger partial charge in [-0.15, -0.1) is 0 Å². The SMILES string of the molecule is Cc1ccc2[nH]c(=O)n(CCCN)c2c1. The summed E-state index contributed by atoms with van der Waals surface area (Å²) >= 11 is 0. The Morgan fingerprint density at radius 2 is 2.27 bits per heavy atom. The first kappa shape index (κ1) is 9.98. The molecule has 2 rings (SSSR count). The second-order valence-electron chi connectivity index (χ2n) is 3.74. The molecule has 1 heterocycles. The van der Waals surface area contributed by atoms with Crippen molar-refractivity contribution in [2.24, 2.45) is 5.73 Å². The Hall–Kier alpha value is -1.55. The van der Waals surface area contributed by atoms with Crippen molar-refractivity contribution in [2.75, 3.05) is 6.54 Å². The maximum Gasteiger partial charge on any atom is 0.326 e. The van der Waals surface area contributed by atoms with Gasteiger partial charge in [-0.2, -0.15) is 0 Å². The molecule has 0 fully saturated rings. The van der Waals surface area contributed by atoms with Crippen LogP contribution in [0.2, 0.25) is 0 Å². The molecule has 3 N–H and O–H groups in total. The number of benzene rings is 1. The molecule has 4 heteroatoms. The quantitative estimate of drug-likeness (QED) is 0.784. The molecule has 0 aliphatic carbocycles. The Labute approximate surface area is 87.7 Å². The number of hydrogen-bond acceptors (Lipinski definition) is 2. The predicted molar refractivity (Wildman–Crippen MR) is 61.0 cm³/mol. The highest BCUT2D eigenvalue weighted by Gasteiger charge is 2.05. The van der Waals surface area contributed by atoms with Crippen LogP contribution in [0, 0.1) is 6.92 Å². The van der Waals surface area contributed by atoms with Crippen LogP contribution in [0.4, 0.5) is 0 Å². The van der Waals surface area contributed by atoms with Crippen molar-refractivity contribution >= 4 is 11.0 Å². The second kappa shape index (κ2) is 3.90. The zero-order chi connectivity index (χ0) is 10.8. The fraction of sp³-hybridized carbons (Fsp3) is 0.364. The van der Waals surface area contributed by atoms with Crippen molar-refractivity contribution in [1.29, 1.82) is 0 Å². The van der Waals surface area contributed by atoms with Gasteiger partial charge in [-0.25, -0.2) is 4.79 Å². The molecule has 4 nitrogen and oxygen atoms in total. The average molecular weight is 205 g/mol. The van der Waals surface area contributed by atoms with Crippen molar-refractivity contribution in [2.45, 2.75) is 19.9 Å². The lowest BCUT2D eigenvalue weighted by Crippen LogP contribution is -2.18. The topological polar surface area (TPSA) is 63.8 Å². The zero-order valence-corrected chi connectivity index (χ0v) is 8.79. The van der Waals surface area contributed by atoms with Gasteiger partial charge in [0.2, 0.25) is 0 Å². The van der Waals surface area contributed by atoms with E-state index in [1.807, 2.05) is 25.1 Å². The van der Waals surface area contributed by atoms with Gasteiger partial charge in [-0.1, -0.05) is 6.07 Å². The Balaban J connectivity index is 2.55. The number of hydrogen-bond donors (Lipinski definition) is 2. The van der Waals surface area contributed by atoms with Crippen LogP contribution in [0.3, 0.4) is 0 Å². The van der Waals surface area contributed by atoms with Crippen molar-refractivity contribution in [3.05, 3.63) is 34.2 Å². The Morgan fingerprint density at radius 3 is 3.00 bits per heavy atom. The number of aromatic amines is 1. The number of aryl methyl sites for hydroxylation is 2. The lowest BCUT2D eigenvalue weighted by Gasteiger charge is -2.01. The summed E-state index contributed by atoms with van der Waals surface area (Å²) in [4.78, 5) is 14.5. The summed E-state index contributed by atoms with van der Waals surface area (Å²) in [5.74, 6) is 0. The molecule has 0 radical (unpaired) electrons. The van der Waals surface area contributed by atoms with E-state index >= 15 is 0 Å². The molecular formula is C11H15N3O. The molecular weight excluding hydrogens is 190 g/mol. The lowest BCUT2D eigenvalue weighted by atomic mass is 10.2. The molecule has 0 saturated carbocycles. The highest BCUT2D eigenvalue weighted by atomic mass is 16.1. The van der Waals surface area contributed by atoms with Crippen molar-refractivity contribution in [1.82, 2.24) is 9.55 Å². The van der Waals surface area contributed by atoms with E-state index in [0.717, 1.165) is 23.0 Å². The van der Waals surface area contributed by atoms with Crippen LogP contribution in [0.15, 0.2) is 23.0 Å². The number of H-pyrrole nitrogens is 1. The van der Waals surface area contributed by atoms with E-state index in [0.29, 0.717) is 13.1 Å². The lowest BCUT2D eigenvalue weighted by molar-refractivity contribution is 0.647. The van der Waals surface area contributed by atoms with Gasteiger partial charge in [0.15, 0.2) is 0 Å². The Morgan fingerprint density at radius 1 is 1.47 bits per heavy atom. The van der Waals surface area contributed by atoms with E-state index in [9.17, 15) is 4.79 Å². The normalized spacial score (nSPS) is 11.1. The molecule has 0 spiro atoms. The number of nitrogens with zero attached hydrogens (tertiary/aromatic N) is 1. The van der Waals surface area contributed by atoms with Crippen LogP contribution in [-0.2, 0) is 6.54 Å². The Bertz CT molecular complexity index is 524. The van der Waals surface area contributed by atoms with E-state index in [1.54, 1.807) is 4.57 Å². The fourth-order valence-corrected chi connectivity index (χ4v) is 1.73. The molecule has 0 saturated heterocycles. The van der Waals surface area contributed by atoms with Gasteiger partial charge in [0, 0.05) is 6.54 Å². The van der Waals surface area contributed by atoms with E-state index in [-0.39, 0.29) is 5.69 Å². The minimum absolute atomic E-state index is 0.0518. The first-order chi connectivity index (χ1) is 7.22. The summed E-state index contributed by atoms with van der Waals surface area (Å²) in [6, 6.07) is 5.94. The minimum Gasteiger partial charge on any atom is -0.330 e. The van der Waals surface area contributed by atoms with Gasteiger partial charge >= 0.3 is 5.69 Å². The highest BCUT2D eigenvalue weighted by Crippen LogP contribution is 2.12. The number of aromatic nitrogens is 2. The molecule has 0 aliphatic heterocycles. The van der Waals surface area contributed by atoms with Gasteiger partial charge in [0.25, 0.3) is 0 Å². The van der Waals surface area contributed by atoms with E-state index in [4.69, 9.17) is 5.73 Å². The van der Waals surface area contributed by atoms with E-state index < -0.39 is 0 Å². The van der Waals surface area contributed by atoms with Crippen LogP contribution >= 0.6 is 0 Å². The van der Waals surface area contributed by atoms with Crippen LogP contribution in [0.5, 0.6) is 0 Å². The number of nitrogens with one attached hydrogen (secondary N) is 1. The van der Waals surface area contributed by atoms with Crippen LogP contribution in [-0.4, -0.2) is 16.1 Å². The molecule has 1 aromatic carbocycles. The number of imidazole rings is 1. The maximum absolute atomic E-state index is 11.6. The molecule has 0 unspecified atom stereocenters. The van der Waals surface area contributed by atoms with Crippen molar-refractivity contribution in [3.8, 4) is 0 Å². The summed E-state index contributed by atoms with van der Waals surface area (Å²) in [5.41, 5.74) is 8.40. The number of fused-ring (bicyclic) bond motifs is 1. The van der Waals surface area contributed by atoms with Crippen molar-refractivity contribution in [3.63, 3.8) is 0 Å². The third-order valence-electron chi connectivity index (χ3n) is 2.52. The van der Waals surface area contributed by atoms with Crippen LogP contribution in [0.1, 0.15) is 12.0 Å². The summed E-state index contributed by atoms with van der Waals surface area (Å²) in [5, 5.41) is 0. The molecule has 0 atom stereocenters. The first-order valence-corrected chi connectivity index (χ1v) is 5.11. The van der Waals surface area contributed by atoms with Gasteiger partial charge in [0.1, 0.15) is 0 Å². The number of nitrogens with two attached hydrogens (primary N) is 1. The molecule has 80 valence electrons. The molecule has 0 bridgehead atoms. The van der Waals surface area contributed by atoms with Crippen LogP contribution in [0.25, 0.3) is 11.0 Å². The molecule has 2 aromatic rings. The standard InChI is InChI=1S/C11H15N3O/c1-8-3-4-9-10(7-8)14(6-2-5-12)11(15)13-9/h3-4,7H,2,5-6,12H2,1H3,(H,13,15). The van der Waals surface area contributed by atoms with Gasteiger partial charge < -0.3 is 10.7 Å². The molecule has 0 aliphatic rings. The zero-order valence-electron chi connectivity index (χ0n) is 8.79. The predicted octanol–water partition coefficient (Wildman–Crippen LogP) is 0.987. The van der Waals surface area contributed by atoms with Gasteiger partial charge in [0.05, 0.1) is 11.0 Å². The smallest absolute Gasteiger partial charge is 0.326 e. The summed E-state index contributed by atoms with van der Waals surface area (Å²) in [7, 11) is 0. The van der Waals surface area contributed by atoms with Crippen molar-refractivity contribution < 1.29 is 0 Å². The second-order valence-corrected chi connectivity index (χ2v) is 3.74. The number of rotatable bonds is 3. The summed E-state index contributed by atoms with van der Waals surface area (Å²) in [6.45, 7) is 3.30. The van der Waals surface area contributed by atoms with Gasteiger partial charge in [-0.3, -0.25) is 4.57 Å². The third kappa shape index (κ3) is 1.80. The molecule has 0 amide bonds. The maximum atomic E-state index is 11.6. The fourth-order valence-electron chi connectivity index (χ4n) is 1.73. The average Bonchev–Trinajstić information content (AvgIpc) is 2.51. The highest BCUT2D eigenvalue weighted by molar-refractivity contribution is 5.75. The van der Waals surface area contributed by atoms with Gasteiger partial charge in [-0.05, 0) is 37.6 Å². The monoisotopic (exact) mass is 205 g/mol. The molecule has 1 aromatic heterocycles. The summed E-state index contributed by atoms with van der Waals surface area (Å²) in [6.07, 6.45) is 0.820. The minimum atomic E-state index is -0.0518. The van der Waals surface area contributed by atoms with E-state index in [1.165, 1.54) is 0 Å². The third-order valence-corrected chi connectivity index (χ3v) is 2.52. The van der Waals surface area contributed by atoms with E-state index in [2.05, 4.69) is 4.98 Å².